The smallest absolute Gasteiger partial charge is 0.435 e. The van der Waals surface area contributed by atoms with Crippen molar-refractivity contribution < 1.29 is 49.0 Å². The molecule has 20 heteroatoms. The van der Waals surface area contributed by atoms with Crippen molar-refractivity contribution in [1.82, 2.24) is 24.7 Å². The Morgan fingerprint density at radius 1 is 1.02 bits per heavy atom. The average molecular weight is 700 g/mol. The van der Waals surface area contributed by atoms with Gasteiger partial charge in [0, 0.05) is 42.5 Å². The molecule has 0 unspecified atom stereocenters. The highest BCUT2D eigenvalue weighted by atomic mass is 32.2. The summed E-state index contributed by atoms with van der Waals surface area (Å²) >= 11 is 0. The minimum Gasteiger partial charge on any atom is -0.497 e. The minimum absolute atomic E-state index is 0.0469. The maximum absolute atomic E-state index is 13.9. The number of sulfonamides is 1. The van der Waals surface area contributed by atoms with Crippen LogP contribution in [0.1, 0.15) is 22.5 Å². The Morgan fingerprint density at radius 2 is 1.70 bits per heavy atom. The standard InChI is InChI=1S/C27H28F3N7O8S2/c1-43-18-13-17(14-19(15-18)44-2)33-26-32-16-21(23(34-26)36-10-8-22(35-36)27(28,29)30)37(47(4,41)42)25(38)20-7-5-9-31-24(20)45-11-6-12-46(3,39)40/h5,7-10,13-16H,6,11-12H2,1-4H3,(H,32,33,34). The minimum atomic E-state index is -4.86. The molecule has 0 saturated carbocycles. The normalized spacial score (nSPS) is 12.0. The first-order valence-electron chi connectivity index (χ1n) is 13.3. The van der Waals surface area contributed by atoms with Crippen LogP contribution in [0, 0.1) is 0 Å². The van der Waals surface area contributed by atoms with E-state index in [9.17, 15) is 34.8 Å². The van der Waals surface area contributed by atoms with E-state index in [-0.39, 0.29) is 40.5 Å². The Bertz CT molecular complexity index is 1970. The molecule has 4 aromatic rings. The third-order valence-electron chi connectivity index (χ3n) is 6.09. The monoisotopic (exact) mass is 699 g/mol. The fourth-order valence-electron chi connectivity index (χ4n) is 4.05. The first-order chi connectivity index (χ1) is 22.0. The van der Waals surface area contributed by atoms with Crippen LogP contribution in [0.3, 0.4) is 0 Å². The number of hydrogen-bond acceptors (Lipinski definition) is 13. The van der Waals surface area contributed by atoms with Gasteiger partial charge in [0.2, 0.25) is 21.9 Å². The van der Waals surface area contributed by atoms with E-state index in [1.807, 2.05) is 0 Å². The Labute approximate surface area is 267 Å². The van der Waals surface area contributed by atoms with Gasteiger partial charge in [0.1, 0.15) is 32.6 Å². The number of rotatable bonds is 13. The summed E-state index contributed by atoms with van der Waals surface area (Å²) in [6, 6.07) is 7.85. The van der Waals surface area contributed by atoms with Crippen molar-refractivity contribution in [2.75, 3.05) is 48.7 Å². The summed E-state index contributed by atoms with van der Waals surface area (Å²) in [5.74, 6) is -1.73. The van der Waals surface area contributed by atoms with Gasteiger partial charge in [-0.25, -0.2) is 31.5 Å². The number of amides is 1. The molecule has 0 aliphatic rings. The van der Waals surface area contributed by atoms with Crippen LogP contribution >= 0.6 is 0 Å². The number of pyridine rings is 1. The molecule has 3 aromatic heterocycles. The van der Waals surface area contributed by atoms with Gasteiger partial charge in [-0.1, -0.05) is 0 Å². The van der Waals surface area contributed by atoms with E-state index in [0.717, 1.165) is 18.6 Å². The summed E-state index contributed by atoms with van der Waals surface area (Å²) in [4.78, 5) is 26.2. The van der Waals surface area contributed by atoms with E-state index in [0.29, 0.717) is 34.2 Å². The van der Waals surface area contributed by atoms with Crippen LogP contribution in [-0.2, 0) is 26.0 Å². The van der Waals surface area contributed by atoms with Gasteiger partial charge in [0.05, 0.1) is 39.0 Å². The summed E-state index contributed by atoms with van der Waals surface area (Å²) in [6.07, 6.45) is -0.0162. The topological polar surface area (TPSA) is 185 Å². The van der Waals surface area contributed by atoms with Gasteiger partial charge in [-0.2, -0.15) is 27.6 Å². The van der Waals surface area contributed by atoms with E-state index in [1.54, 1.807) is 18.2 Å². The number of carbonyl (C=O) groups excluding carboxylic acids is 1. The van der Waals surface area contributed by atoms with Gasteiger partial charge in [-0.15, -0.1) is 0 Å². The lowest BCUT2D eigenvalue weighted by Gasteiger charge is -2.23. The van der Waals surface area contributed by atoms with Crippen molar-refractivity contribution in [2.24, 2.45) is 0 Å². The number of methoxy groups -OCH3 is 2. The molecule has 0 aliphatic carbocycles. The van der Waals surface area contributed by atoms with Crippen molar-refractivity contribution in [3.05, 3.63) is 66.2 Å². The molecule has 1 amide bonds. The number of sulfone groups is 1. The molecule has 0 atom stereocenters. The Balaban J connectivity index is 1.82. The predicted octanol–water partition coefficient (Wildman–Crippen LogP) is 3.26. The zero-order valence-corrected chi connectivity index (χ0v) is 26.9. The molecule has 0 radical (unpaired) electrons. The van der Waals surface area contributed by atoms with Crippen molar-refractivity contribution in [3.8, 4) is 23.2 Å². The fourth-order valence-corrected chi connectivity index (χ4v) is 5.57. The Hall–Kier alpha value is -4.98. The lowest BCUT2D eigenvalue weighted by Crippen LogP contribution is -2.37. The van der Waals surface area contributed by atoms with E-state index in [2.05, 4.69) is 25.4 Å². The lowest BCUT2D eigenvalue weighted by molar-refractivity contribution is -0.141. The number of aromatic nitrogens is 5. The summed E-state index contributed by atoms with van der Waals surface area (Å²) < 4.78 is 107. The van der Waals surface area contributed by atoms with Crippen LogP contribution in [0.25, 0.3) is 5.82 Å². The van der Waals surface area contributed by atoms with E-state index >= 15 is 0 Å². The zero-order valence-electron chi connectivity index (χ0n) is 25.2. The zero-order chi connectivity index (χ0) is 34.6. The molecule has 0 aliphatic heterocycles. The summed E-state index contributed by atoms with van der Waals surface area (Å²) in [7, 11) is -5.01. The first-order valence-corrected chi connectivity index (χ1v) is 17.2. The summed E-state index contributed by atoms with van der Waals surface area (Å²) in [5.41, 5.74) is -1.90. The number of nitrogens with zero attached hydrogens (tertiary/aromatic N) is 6. The lowest BCUT2D eigenvalue weighted by atomic mass is 10.2. The maximum Gasteiger partial charge on any atom is 0.435 e. The van der Waals surface area contributed by atoms with Crippen molar-refractivity contribution in [2.45, 2.75) is 12.6 Å². The average Bonchev–Trinajstić information content (AvgIpc) is 3.50. The number of benzene rings is 1. The van der Waals surface area contributed by atoms with E-state index < -0.39 is 49.1 Å². The molecule has 0 saturated heterocycles. The maximum atomic E-state index is 13.9. The number of nitrogens with one attached hydrogen (secondary N) is 1. The van der Waals surface area contributed by atoms with Crippen molar-refractivity contribution >= 4 is 43.1 Å². The molecule has 3 heterocycles. The molecule has 15 nitrogen and oxygen atoms in total. The van der Waals surface area contributed by atoms with Gasteiger partial charge >= 0.3 is 6.18 Å². The van der Waals surface area contributed by atoms with E-state index in [1.165, 1.54) is 32.5 Å². The second-order valence-electron chi connectivity index (χ2n) is 9.79. The molecule has 4 rings (SSSR count). The number of carbonyl (C=O) groups is 1. The second kappa shape index (κ2) is 13.8. The van der Waals surface area contributed by atoms with Crippen LogP contribution in [0.2, 0.25) is 0 Å². The van der Waals surface area contributed by atoms with Crippen molar-refractivity contribution in [1.29, 1.82) is 0 Å². The largest absolute Gasteiger partial charge is 0.497 e. The molecule has 0 fully saturated rings. The van der Waals surface area contributed by atoms with Gasteiger partial charge < -0.3 is 19.5 Å². The number of anilines is 3. The van der Waals surface area contributed by atoms with Crippen LogP contribution in [0.4, 0.5) is 30.5 Å². The van der Waals surface area contributed by atoms with Crippen LogP contribution < -0.4 is 23.8 Å². The van der Waals surface area contributed by atoms with Gasteiger partial charge in [-0.3, -0.25) is 4.79 Å². The second-order valence-corrected chi connectivity index (χ2v) is 13.9. The summed E-state index contributed by atoms with van der Waals surface area (Å²) in [5, 5.41) is 6.36. The molecule has 47 heavy (non-hydrogen) atoms. The van der Waals surface area contributed by atoms with Gasteiger partial charge in [0.25, 0.3) is 5.91 Å². The van der Waals surface area contributed by atoms with Crippen molar-refractivity contribution in [3.63, 3.8) is 0 Å². The third-order valence-corrected chi connectivity index (χ3v) is 8.14. The Morgan fingerprint density at radius 3 is 2.28 bits per heavy atom. The number of alkyl halides is 3. The molecule has 0 bridgehead atoms. The highest BCUT2D eigenvalue weighted by molar-refractivity contribution is 7.92. The highest BCUT2D eigenvalue weighted by Gasteiger charge is 2.36. The van der Waals surface area contributed by atoms with E-state index in [4.69, 9.17) is 14.2 Å². The summed E-state index contributed by atoms with van der Waals surface area (Å²) in [6.45, 7) is -0.180. The molecule has 252 valence electrons. The third kappa shape index (κ3) is 8.85. The van der Waals surface area contributed by atoms with Crippen LogP contribution in [-0.4, -0.2) is 86.6 Å². The SMILES string of the molecule is COc1cc(Nc2ncc(N(C(=O)c3cccnc3OCCCS(C)(=O)=O)S(C)(=O)=O)c(-n3ccc(C(F)(F)F)n3)n2)cc(OC)c1. The molecular formula is C27H28F3N7O8S2. The quantitative estimate of drug-likeness (QED) is 0.201. The number of halogens is 3. The molecule has 1 aromatic carbocycles. The predicted molar refractivity (Wildman–Crippen MR) is 163 cm³/mol. The van der Waals surface area contributed by atoms with Gasteiger partial charge in [0.15, 0.2) is 11.5 Å². The number of ether oxygens (including phenoxy) is 3. The van der Waals surface area contributed by atoms with Crippen LogP contribution in [0.5, 0.6) is 17.4 Å². The molecule has 1 N–H and O–H groups in total. The van der Waals surface area contributed by atoms with Crippen LogP contribution in [0.15, 0.2) is 55.0 Å². The number of hydrogen-bond donors (Lipinski definition) is 1. The highest BCUT2D eigenvalue weighted by Crippen LogP contribution is 2.33. The molecule has 0 spiro atoms. The fraction of sp³-hybridized carbons (Fsp3) is 0.296. The Kier molecular flexibility index (Phi) is 10.2. The first kappa shape index (κ1) is 34.9. The van der Waals surface area contributed by atoms with Gasteiger partial charge in [-0.05, 0) is 24.6 Å². The molecular weight excluding hydrogens is 671 g/mol.